The Bertz CT molecular complexity index is 524. The molecule has 7 heteroatoms. The van der Waals surface area contributed by atoms with Gasteiger partial charge in [-0.3, -0.25) is 9.59 Å². The van der Waals surface area contributed by atoms with Crippen LogP contribution < -0.4 is 16.0 Å². The highest BCUT2D eigenvalue weighted by Crippen LogP contribution is 2.21. The van der Waals surface area contributed by atoms with Crippen LogP contribution in [0.2, 0.25) is 0 Å². The lowest BCUT2D eigenvalue weighted by molar-refractivity contribution is -0.122. The van der Waals surface area contributed by atoms with Crippen molar-refractivity contribution in [2.24, 2.45) is 0 Å². The fraction of sp³-hybridized carbons (Fsp3) is 0.467. The van der Waals surface area contributed by atoms with Crippen molar-refractivity contribution in [1.82, 2.24) is 16.0 Å². The molecule has 1 rings (SSSR count). The summed E-state index contributed by atoms with van der Waals surface area (Å²) in [6.07, 6.45) is 0.652. The topological polar surface area (TPSA) is 70.2 Å². The molecule has 5 nitrogen and oxygen atoms in total. The lowest BCUT2D eigenvalue weighted by atomic mass is 10.0. The summed E-state index contributed by atoms with van der Waals surface area (Å²) >= 11 is 0. The summed E-state index contributed by atoms with van der Waals surface area (Å²) in [7, 11) is 1.81. The van der Waals surface area contributed by atoms with Gasteiger partial charge in [0.15, 0.2) is 0 Å². The number of nitrogens with one attached hydrogen (secondary N) is 3. The lowest BCUT2D eigenvalue weighted by Crippen LogP contribution is -2.34. The molecule has 2 amide bonds. The Morgan fingerprint density at radius 1 is 1.23 bits per heavy atom. The molecule has 0 aliphatic heterocycles. The third-order valence-electron chi connectivity index (χ3n) is 3.03. The van der Waals surface area contributed by atoms with Crippen LogP contribution in [0, 0.1) is 11.6 Å². The molecule has 1 atom stereocenters. The zero-order valence-electron chi connectivity index (χ0n) is 12.7. The average molecular weight is 313 g/mol. The molecule has 0 heterocycles. The van der Waals surface area contributed by atoms with Gasteiger partial charge >= 0.3 is 0 Å². The van der Waals surface area contributed by atoms with Crippen LogP contribution >= 0.6 is 0 Å². The van der Waals surface area contributed by atoms with Gasteiger partial charge in [-0.25, -0.2) is 8.78 Å². The second-order valence-corrected chi connectivity index (χ2v) is 4.93. The van der Waals surface area contributed by atoms with E-state index in [-0.39, 0.29) is 17.9 Å². The van der Waals surface area contributed by atoms with Crippen LogP contribution in [-0.2, 0) is 9.59 Å². The quantitative estimate of drug-likeness (QED) is 0.633. The summed E-state index contributed by atoms with van der Waals surface area (Å²) in [6, 6.07) is 2.23. The zero-order valence-corrected chi connectivity index (χ0v) is 12.7. The standard InChI is InChI=1S/C15H21F2N3O2/c1-10(21)20-14(9-15(22)19-7-3-6-18-2)12-5-4-11(16)8-13(12)17/h4-5,8,14,18H,3,6-7,9H2,1-2H3,(H,19,22)(H,20,21). The fourth-order valence-corrected chi connectivity index (χ4v) is 2.02. The van der Waals surface area contributed by atoms with Gasteiger partial charge < -0.3 is 16.0 Å². The van der Waals surface area contributed by atoms with E-state index in [4.69, 9.17) is 0 Å². The molecule has 1 aromatic rings. The van der Waals surface area contributed by atoms with E-state index in [1.165, 1.54) is 13.0 Å². The molecule has 0 radical (unpaired) electrons. The van der Waals surface area contributed by atoms with Crippen LogP contribution in [0.5, 0.6) is 0 Å². The summed E-state index contributed by atoms with van der Waals surface area (Å²) < 4.78 is 26.8. The Hall–Kier alpha value is -2.02. The van der Waals surface area contributed by atoms with Crippen molar-refractivity contribution >= 4 is 11.8 Å². The minimum atomic E-state index is -0.831. The first-order valence-corrected chi connectivity index (χ1v) is 7.07. The Labute approximate surface area is 128 Å². The second kappa shape index (κ2) is 9.09. The monoisotopic (exact) mass is 313 g/mol. The van der Waals surface area contributed by atoms with Crippen LogP contribution in [0.1, 0.15) is 31.4 Å². The highest BCUT2D eigenvalue weighted by atomic mass is 19.1. The number of halogens is 2. The van der Waals surface area contributed by atoms with Crippen molar-refractivity contribution < 1.29 is 18.4 Å². The van der Waals surface area contributed by atoms with Crippen molar-refractivity contribution in [3.05, 3.63) is 35.4 Å². The second-order valence-electron chi connectivity index (χ2n) is 4.93. The average Bonchev–Trinajstić information content (AvgIpc) is 2.42. The normalized spacial score (nSPS) is 11.8. The van der Waals surface area contributed by atoms with Gasteiger partial charge in [-0.15, -0.1) is 0 Å². The number of carbonyl (C=O) groups excluding carboxylic acids is 2. The number of benzene rings is 1. The molecule has 22 heavy (non-hydrogen) atoms. The molecule has 0 saturated heterocycles. The van der Waals surface area contributed by atoms with Crippen molar-refractivity contribution in [2.45, 2.75) is 25.8 Å². The van der Waals surface area contributed by atoms with Crippen molar-refractivity contribution in [1.29, 1.82) is 0 Å². The largest absolute Gasteiger partial charge is 0.356 e. The van der Waals surface area contributed by atoms with Gasteiger partial charge in [0, 0.05) is 25.1 Å². The number of amides is 2. The van der Waals surface area contributed by atoms with E-state index in [0.717, 1.165) is 25.1 Å². The summed E-state index contributed by atoms with van der Waals surface area (Å²) in [4.78, 5) is 23.1. The van der Waals surface area contributed by atoms with Gasteiger partial charge in [-0.1, -0.05) is 6.07 Å². The minimum Gasteiger partial charge on any atom is -0.356 e. The van der Waals surface area contributed by atoms with Crippen LogP contribution in [-0.4, -0.2) is 32.0 Å². The number of rotatable bonds is 8. The summed E-state index contributed by atoms with van der Waals surface area (Å²) in [5.74, 6) is -2.20. The predicted octanol–water partition coefficient (Wildman–Crippen LogP) is 1.26. The van der Waals surface area contributed by atoms with Crippen molar-refractivity contribution in [2.75, 3.05) is 20.1 Å². The fourth-order valence-electron chi connectivity index (χ4n) is 2.02. The Balaban J connectivity index is 2.72. The van der Waals surface area contributed by atoms with E-state index in [9.17, 15) is 18.4 Å². The van der Waals surface area contributed by atoms with E-state index < -0.39 is 23.6 Å². The third-order valence-corrected chi connectivity index (χ3v) is 3.03. The van der Waals surface area contributed by atoms with Crippen LogP contribution in [0.15, 0.2) is 18.2 Å². The van der Waals surface area contributed by atoms with Gasteiger partial charge in [0.05, 0.1) is 12.5 Å². The Kier molecular flexibility index (Phi) is 7.45. The first-order valence-electron chi connectivity index (χ1n) is 7.07. The first-order chi connectivity index (χ1) is 10.4. The molecule has 0 saturated carbocycles. The SMILES string of the molecule is CNCCCNC(=O)CC(NC(C)=O)c1ccc(F)cc1F. The summed E-state index contributed by atoms with van der Waals surface area (Å²) in [5, 5.41) is 8.16. The molecule has 1 aromatic carbocycles. The van der Waals surface area contributed by atoms with Gasteiger partial charge in [-0.05, 0) is 26.1 Å². The van der Waals surface area contributed by atoms with Crippen LogP contribution in [0.25, 0.3) is 0 Å². The molecule has 0 spiro atoms. The molecular weight excluding hydrogens is 292 g/mol. The van der Waals surface area contributed by atoms with E-state index in [1.807, 2.05) is 7.05 Å². The molecule has 0 aliphatic carbocycles. The van der Waals surface area contributed by atoms with E-state index in [1.54, 1.807) is 0 Å². The third kappa shape index (κ3) is 6.17. The molecule has 3 N–H and O–H groups in total. The predicted molar refractivity (Wildman–Crippen MR) is 79.1 cm³/mol. The van der Waals surface area contributed by atoms with Crippen LogP contribution in [0.4, 0.5) is 8.78 Å². The molecule has 0 aliphatic rings. The van der Waals surface area contributed by atoms with Gasteiger partial charge in [0.25, 0.3) is 0 Å². The summed E-state index contributed by atoms with van der Waals surface area (Å²) in [6.45, 7) is 2.53. The highest BCUT2D eigenvalue weighted by Gasteiger charge is 2.20. The van der Waals surface area contributed by atoms with Crippen LogP contribution in [0.3, 0.4) is 0 Å². The maximum atomic E-state index is 13.8. The molecule has 122 valence electrons. The van der Waals surface area contributed by atoms with Crippen molar-refractivity contribution in [3.8, 4) is 0 Å². The first kappa shape index (κ1) is 18.0. The smallest absolute Gasteiger partial charge is 0.222 e. The molecular formula is C15H21F2N3O2. The van der Waals surface area contributed by atoms with E-state index in [2.05, 4.69) is 16.0 Å². The van der Waals surface area contributed by atoms with Gasteiger partial charge in [0.2, 0.25) is 11.8 Å². The Morgan fingerprint density at radius 3 is 2.55 bits per heavy atom. The van der Waals surface area contributed by atoms with Crippen molar-refractivity contribution in [3.63, 3.8) is 0 Å². The van der Waals surface area contributed by atoms with E-state index in [0.29, 0.717) is 6.54 Å². The van der Waals surface area contributed by atoms with E-state index >= 15 is 0 Å². The maximum absolute atomic E-state index is 13.8. The number of hydrogen-bond donors (Lipinski definition) is 3. The molecule has 1 unspecified atom stereocenters. The molecule has 0 fully saturated rings. The summed E-state index contributed by atoms with van der Waals surface area (Å²) in [5.41, 5.74) is 0.0852. The molecule has 0 aromatic heterocycles. The lowest BCUT2D eigenvalue weighted by Gasteiger charge is -2.18. The highest BCUT2D eigenvalue weighted by molar-refractivity contribution is 5.79. The Morgan fingerprint density at radius 2 is 1.95 bits per heavy atom. The number of carbonyl (C=O) groups is 2. The zero-order chi connectivity index (χ0) is 16.5. The maximum Gasteiger partial charge on any atom is 0.222 e. The minimum absolute atomic E-state index is 0.0852. The van der Waals surface area contributed by atoms with Gasteiger partial charge in [-0.2, -0.15) is 0 Å². The molecule has 0 bridgehead atoms. The number of hydrogen-bond acceptors (Lipinski definition) is 3. The van der Waals surface area contributed by atoms with Gasteiger partial charge in [0.1, 0.15) is 11.6 Å².